The van der Waals surface area contributed by atoms with Crippen LogP contribution in [0.15, 0.2) is 29.1 Å². The zero-order chi connectivity index (χ0) is 12.6. The summed E-state index contributed by atoms with van der Waals surface area (Å²) >= 11 is 0. The zero-order valence-corrected chi connectivity index (χ0v) is 10.1. The predicted octanol–water partition coefficient (Wildman–Crippen LogP) is 1.54. The second-order valence-corrected chi connectivity index (χ2v) is 4.24. The summed E-state index contributed by atoms with van der Waals surface area (Å²) in [5.74, 6) is -0.160. The number of hydrogen-bond acceptors (Lipinski definition) is 2. The number of para-hydroxylation sites is 1. The number of aromatic amines is 1. The highest BCUT2D eigenvalue weighted by Gasteiger charge is 2.13. The molecule has 4 nitrogen and oxygen atoms in total. The van der Waals surface area contributed by atoms with Gasteiger partial charge in [-0.25, -0.2) is 0 Å². The summed E-state index contributed by atoms with van der Waals surface area (Å²) < 4.78 is 0. The molecule has 0 spiro atoms. The lowest BCUT2D eigenvalue weighted by Gasteiger charge is -2.12. The fourth-order valence-electron chi connectivity index (χ4n) is 1.84. The second kappa shape index (κ2) is 4.05. The van der Waals surface area contributed by atoms with E-state index in [0.29, 0.717) is 5.56 Å². The predicted molar refractivity (Wildman–Crippen MR) is 67.3 cm³/mol. The molecule has 1 N–H and O–H groups in total. The summed E-state index contributed by atoms with van der Waals surface area (Å²) in [5, 5.41) is 0.781. The normalized spacial score (nSPS) is 10.5. The molecule has 1 amide bonds. The van der Waals surface area contributed by atoms with E-state index < -0.39 is 0 Å². The van der Waals surface area contributed by atoms with Gasteiger partial charge >= 0.3 is 0 Å². The lowest BCUT2D eigenvalue weighted by Crippen LogP contribution is -2.24. The first-order valence-corrected chi connectivity index (χ1v) is 5.35. The Morgan fingerprint density at radius 1 is 1.29 bits per heavy atom. The van der Waals surface area contributed by atoms with Crippen molar-refractivity contribution in [1.29, 1.82) is 0 Å². The number of nitrogens with zero attached hydrogens (tertiary/aromatic N) is 1. The molecule has 1 heterocycles. The van der Waals surface area contributed by atoms with Crippen LogP contribution >= 0.6 is 0 Å². The SMILES string of the molecule is Cc1cccc2c(C(=O)N(C)C)cc(=O)[nH]c12. The minimum absolute atomic E-state index is 0.160. The molecule has 4 heteroatoms. The molecule has 0 atom stereocenters. The van der Waals surface area contributed by atoms with E-state index in [0.717, 1.165) is 16.5 Å². The number of benzene rings is 1. The average Bonchev–Trinajstić information content (AvgIpc) is 2.28. The van der Waals surface area contributed by atoms with Gasteiger partial charge in [0.05, 0.1) is 11.1 Å². The van der Waals surface area contributed by atoms with Crippen molar-refractivity contribution in [2.75, 3.05) is 14.1 Å². The number of aromatic nitrogens is 1. The minimum Gasteiger partial charge on any atom is -0.345 e. The molecule has 0 saturated heterocycles. The van der Waals surface area contributed by atoms with Crippen LogP contribution in [-0.2, 0) is 0 Å². The lowest BCUT2D eigenvalue weighted by molar-refractivity contribution is 0.0829. The van der Waals surface area contributed by atoms with E-state index in [1.54, 1.807) is 14.1 Å². The van der Waals surface area contributed by atoms with Crippen molar-refractivity contribution in [3.05, 3.63) is 45.7 Å². The minimum atomic E-state index is -0.253. The van der Waals surface area contributed by atoms with Crippen molar-refractivity contribution in [2.24, 2.45) is 0 Å². The van der Waals surface area contributed by atoms with Crippen molar-refractivity contribution in [1.82, 2.24) is 9.88 Å². The molecule has 0 aliphatic rings. The molecule has 0 aliphatic carbocycles. The van der Waals surface area contributed by atoms with Gasteiger partial charge in [-0.1, -0.05) is 18.2 Å². The van der Waals surface area contributed by atoms with Crippen molar-refractivity contribution >= 4 is 16.8 Å². The Morgan fingerprint density at radius 3 is 2.65 bits per heavy atom. The maximum Gasteiger partial charge on any atom is 0.254 e. The number of carbonyl (C=O) groups is 1. The first-order valence-electron chi connectivity index (χ1n) is 5.35. The summed E-state index contributed by atoms with van der Waals surface area (Å²) in [7, 11) is 3.34. The Bertz CT molecular complexity index is 641. The van der Waals surface area contributed by atoms with Gasteiger partial charge in [0.1, 0.15) is 0 Å². The topological polar surface area (TPSA) is 53.2 Å². The van der Waals surface area contributed by atoms with E-state index in [-0.39, 0.29) is 11.5 Å². The summed E-state index contributed by atoms with van der Waals surface area (Å²) in [6, 6.07) is 6.98. The van der Waals surface area contributed by atoms with E-state index in [2.05, 4.69) is 4.98 Å². The molecule has 2 aromatic rings. The van der Waals surface area contributed by atoms with Crippen LogP contribution in [0.4, 0.5) is 0 Å². The van der Waals surface area contributed by atoms with Gasteiger partial charge < -0.3 is 9.88 Å². The van der Waals surface area contributed by atoms with Crippen LogP contribution in [0.1, 0.15) is 15.9 Å². The molecule has 1 aromatic carbocycles. The van der Waals surface area contributed by atoms with E-state index >= 15 is 0 Å². The zero-order valence-electron chi connectivity index (χ0n) is 10.1. The summed E-state index contributed by atoms with van der Waals surface area (Å²) in [4.78, 5) is 27.8. The van der Waals surface area contributed by atoms with Gasteiger partial charge in [0, 0.05) is 25.5 Å². The summed E-state index contributed by atoms with van der Waals surface area (Å²) in [6.07, 6.45) is 0. The van der Waals surface area contributed by atoms with Gasteiger partial charge in [-0.05, 0) is 12.5 Å². The van der Waals surface area contributed by atoms with Gasteiger partial charge in [-0.2, -0.15) is 0 Å². The molecule has 0 aliphatic heterocycles. The van der Waals surface area contributed by atoms with E-state index in [1.807, 2.05) is 25.1 Å². The third kappa shape index (κ3) is 1.93. The number of fused-ring (bicyclic) bond motifs is 1. The molecule has 88 valence electrons. The third-order valence-electron chi connectivity index (χ3n) is 2.72. The molecule has 17 heavy (non-hydrogen) atoms. The standard InChI is InChI=1S/C13H14N2O2/c1-8-5-4-6-9-10(13(17)15(2)3)7-11(16)14-12(8)9/h4-7H,1-3H3,(H,14,16). The monoisotopic (exact) mass is 230 g/mol. The van der Waals surface area contributed by atoms with E-state index in [9.17, 15) is 9.59 Å². The molecule has 1 aromatic heterocycles. The van der Waals surface area contributed by atoms with Crippen molar-refractivity contribution in [2.45, 2.75) is 6.92 Å². The average molecular weight is 230 g/mol. The molecular formula is C13H14N2O2. The van der Waals surface area contributed by atoms with Crippen molar-refractivity contribution in [3.63, 3.8) is 0 Å². The van der Waals surface area contributed by atoms with Crippen LogP contribution in [-0.4, -0.2) is 29.9 Å². The molecule has 0 radical (unpaired) electrons. The Hall–Kier alpha value is -2.10. The van der Waals surface area contributed by atoms with Gasteiger partial charge in [-0.3, -0.25) is 9.59 Å². The highest BCUT2D eigenvalue weighted by atomic mass is 16.2. The fraction of sp³-hybridized carbons (Fsp3) is 0.231. The van der Waals surface area contributed by atoms with Crippen molar-refractivity contribution < 1.29 is 4.79 Å². The van der Waals surface area contributed by atoms with Gasteiger partial charge in [0.25, 0.3) is 5.91 Å². The Labute approximate surface area is 98.9 Å². The summed E-state index contributed by atoms with van der Waals surface area (Å²) in [5.41, 5.74) is 1.87. The quantitative estimate of drug-likeness (QED) is 0.807. The number of hydrogen-bond donors (Lipinski definition) is 1. The number of nitrogens with one attached hydrogen (secondary N) is 1. The Morgan fingerprint density at radius 2 is 2.00 bits per heavy atom. The molecule has 0 saturated carbocycles. The highest BCUT2D eigenvalue weighted by Crippen LogP contribution is 2.19. The van der Waals surface area contributed by atoms with Crippen LogP contribution < -0.4 is 5.56 Å². The maximum atomic E-state index is 12.0. The Balaban J connectivity index is 2.84. The van der Waals surface area contributed by atoms with Crippen LogP contribution in [0.3, 0.4) is 0 Å². The fourth-order valence-corrected chi connectivity index (χ4v) is 1.84. The molecule has 0 unspecified atom stereocenters. The third-order valence-corrected chi connectivity index (χ3v) is 2.72. The van der Waals surface area contributed by atoms with Crippen LogP contribution in [0.25, 0.3) is 10.9 Å². The first-order chi connectivity index (χ1) is 8.00. The van der Waals surface area contributed by atoms with Gasteiger partial charge in [-0.15, -0.1) is 0 Å². The van der Waals surface area contributed by atoms with Crippen LogP contribution in [0, 0.1) is 6.92 Å². The number of amides is 1. The van der Waals surface area contributed by atoms with E-state index in [1.165, 1.54) is 11.0 Å². The van der Waals surface area contributed by atoms with E-state index in [4.69, 9.17) is 0 Å². The summed E-state index contributed by atoms with van der Waals surface area (Å²) in [6.45, 7) is 1.90. The number of aryl methyl sites for hydroxylation is 1. The molecular weight excluding hydrogens is 216 g/mol. The highest BCUT2D eigenvalue weighted by molar-refractivity contribution is 6.06. The molecule has 2 rings (SSSR count). The second-order valence-electron chi connectivity index (χ2n) is 4.24. The largest absolute Gasteiger partial charge is 0.345 e. The number of H-pyrrole nitrogens is 1. The number of carbonyl (C=O) groups excluding carboxylic acids is 1. The van der Waals surface area contributed by atoms with Crippen molar-refractivity contribution in [3.8, 4) is 0 Å². The number of rotatable bonds is 1. The number of pyridine rings is 1. The molecule has 0 fully saturated rings. The van der Waals surface area contributed by atoms with Crippen LogP contribution in [0.5, 0.6) is 0 Å². The maximum absolute atomic E-state index is 12.0. The van der Waals surface area contributed by atoms with Crippen LogP contribution in [0.2, 0.25) is 0 Å². The first kappa shape index (κ1) is 11.4. The smallest absolute Gasteiger partial charge is 0.254 e. The van der Waals surface area contributed by atoms with Gasteiger partial charge in [0.2, 0.25) is 5.56 Å². The lowest BCUT2D eigenvalue weighted by atomic mass is 10.1. The van der Waals surface area contributed by atoms with Gasteiger partial charge in [0.15, 0.2) is 0 Å². The molecule has 0 bridgehead atoms. The Kier molecular flexibility index (Phi) is 2.71.